The van der Waals surface area contributed by atoms with Crippen LogP contribution in [-0.2, 0) is 16.1 Å². The summed E-state index contributed by atoms with van der Waals surface area (Å²) < 4.78 is 15.3. The summed E-state index contributed by atoms with van der Waals surface area (Å²) in [6.07, 6.45) is 0. The molecule has 0 aliphatic carbocycles. The summed E-state index contributed by atoms with van der Waals surface area (Å²) >= 11 is 0. The molecule has 0 N–H and O–H groups in total. The van der Waals surface area contributed by atoms with E-state index in [1.165, 1.54) is 7.11 Å². The van der Waals surface area contributed by atoms with Crippen LogP contribution in [0, 0.1) is 0 Å². The molecule has 0 bridgehead atoms. The molecule has 0 fully saturated rings. The lowest BCUT2D eigenvalue weighted by molar-refractivity contribution is -0.134. The van der Waals surface area contributed by atoms with E-state index in [1.807, 2.05) is 18.2 Å². The molecule has 100 valence electrons. The molecule has 0 unspecified atom stereocenters. The lowest BCUT2D eigenvalue weighted by Crippen LogP contribution is -2.29. The van der Waals surface area contributed by atoms with Gasteiger partial charge < -0.3 is 19.1 Å². The van der Waals surface area contributed by atoms with E-state index in [2.05, 4.69) is 0 Å². The maximum atomic E-state index is 11.6. The van der Waals surface area contributed by atoms with E-state index in [0.717, 1.165) is 5.56 Å². The zero-order chi connectivity index (χ0) is 13.5. The fourth-order valence-corrected chi connectivity index (χ4v) is 1.66. The van der Waals surface area contributed by atoms with Gasteiger partial charge >= 0.3 is 0 Å². The lowest BCUT2D eigenvalue weighted by Gasteiger charge is -2.19. The molecule has 0 saturated carbocycles. The summed E-state index contributed by atoms with van der Waals surface area (Å²) in [5, 5.41) is 0. The second-order valence-electron chi connectivity index (χ2n) is 3.84. The molecule has 0 aliphatic heterocycles. The van der Waals surface area contributed by atoms with Gasteiger partial charge in [0.15, 0.2) is 11.5 Å². The van der Waals surface area contributed by atoms with Crippen molar-refractivity contribution >= 4 is 5.91 Å². The molecule has 0 aromatic heterocycles. The molecular formula is C13H19NO4. The van der Waals surface area contributed by atoms with E-state index in [0.29, 0.717) is 18.0 Å². The predicted octanol–water partition coefficient (Wildman–Crippen LogP) is 1.31. The van der Waals surface area contributed by atoms with Crippen LogP contribution in [-0.4, -0.2) is 45.8 Å². The molecule has 5 heteroatoms. The largest absolute Gasteiger partial charge is 0.493 e. The van der Waals surface area contributed by atoms with Crippen LogP contribution in [0.25, 0.3) is 0 Å². The van der Waals surface area contributed by atoms with Gasteiger partial charge in [-0.15, -0.1) is 0 Å². The maximum absolute atomic E-state index is 11.6. The first-order valence-electron chi connectivity index (χ1n) is 5.56. The fourth-order valence-electron chi connectivity index (χ4n) is 1.66. The molecule has 1 amide bonds. The van der Waals surface area contributed by atoms with Crippen molar-refractivity contribution in [2.45, 2.75) is 6.54 Å². The number of amides is 1. The molecule has 1 aromatic carbocycles. The number of hydrogen-bond donors (Lipinski definition) is 0. The van der Waals surface area contributed by atoms with Crippen LogP contribution in [0.3, 0.4) is 0 Å². The Kier molecular flexibility index (Phi) is 5.45. The molecular weight excluding hydrogens is 234 g/mol. The van der Waals surface area contributed by atoms with Crippen LogP contribution in [0.4, 0.5) is 0 Å². The smallest absolute Gasteiger partial charge is 0.248 e. The Morgan fingerprint density at radius 1 is 1.22 bits per heavy atom. The van der Waals surface area contributed by atoms with Gasteiger partial charge in [-0.3, -0.25) is 4.79 Å². The van der Waals surface area contributed by atoms with Gasteiger partial charge in [0.2, 0.25) is 5.91 Å². The predicted molar refractivity (Wildman–Crippen MR) is 67.9 cm³/mol. The van der Waals surface area contributed by atoms with Gasteiger partial charge in [-0.2, -0.15) is 0 Å². The van der Waals surface area contributed by atoms with Crippen molar-refractivity contribution in [1.82, 2.24) is 4.90 Å². The Morgan fingerprint density at radius 2 is 1.94 bits per heavy atom. The number of ether oxygens (including phenoxy) is 3. The molecule has 0 spiro atoms. The third-order valence-corrected chi connectivity index (χ3v) is 2.59. The van der Waals surface area contributed by atoms with E-state index in [9.17, 15) is 4.79 Å². The monoisotopic (exact) mass is 253 g/mol. The summed E-state index contributed by atoms with van der Waals surface area (Å²) in [5.74, 6) is 1.22. The minimum absolute atomic E-state index is 0.0722. The van der Waals surface area contributed by atoms with Crippen LogP contribution in [0.15, 0.2) is 18.2 Å². The summed E-state index contributed by atoms with van der Waals surface area (Å²) in [6, 6.07) is 5.59. The van der Waals surface area contributed by atoms with Crippen molar-refractivity contribution in [2.75, 3.05) is 35.0 Å². The summed E-state index contributed by atoms with van der Waals surface area (Å²) in [7, 11) is 6.39. The standard InChI is InChI=1S/C13H19NO4/c1-14(12(15)9-16-2)8-10-6-5-7-11(17-3)13(10)18-4/h5-7H,8-9H2,1-4H3. The number of likely N-dealkylation sites (N-methyl/N-ethyl adjacent to an activating group) is 1. The van der Waals surface area contributed by atoms with Crippen molar-refractivity contribution in [1.29, 1.82) is 0 Å². The number of carbonyl (C=O) groups is 1. The van der Waals surface area contributed by atoms with Crippen molar-refractivity contribution in [3.63, 3.8) is 0 Å². The quantitative estimate of drug-likeness (QED) is 0.767. The van der Waals surface area contributed by atoms with Gasteiger partial charge in [-0.25, -0.2) is 0 Å². The zero-order valence-electron chi connectivity index (χ0n) is 11.2. The van der Waals surface area contributed by atoms with E-state index in [-0.39, 0.29) is 12.5 Å². The molecule has 1 rings (SSSR count). The number of benzene rings is 1. The molecule has 0 saturated heterocycles. The Labute approximate surface area is 107 Å². The fraction of sp³-hybridized carbons (Fsp3) is 0.462. The van der Waals surface area contributed by atoms with Gasteiger partial charge in [-0.05, 0) is 6.07 Å². The van der Waals surface area contributed by atoms with Crippen LogP contribution < -0.4 is 9.47 Å². The van der Waals surface area contributed by atoms with Gasteiger partial charge in [0.05, 0.1) is 14.2 Å². The van der Waals surface area contributed by atoms with E-state index < -0.39 is 0 Å². The normalized spacial score (nSPS) is 10.0. The maximum Gasteiger partial charge on any atom is 0.248 e. The highest BCUT2D eigenvalue weighted by molar-refractivity contribution is 5.77. The van der Waals surface area contributed by atoms with Crippen LogP contribution in [0.1, 0.15) is 5.56 Å². The summed E-state index contributed by atoms with van der Waals surface area (Å²) in [5.41, 5.74) is 0.892. The van der Waals surface area contributed by atoms with Crippen LogP contribution >= 0.6 is 0 Å². The molecule has 0 radical (unpaired) electrons. The number of rotatable bonds is 6. The van der Waals surface area contributed by atoms with Gasteiger partial charge in [0.25, 0.3) is 0 Å². The first-order valence-corrected chi connectivity index (χ1v) is 5.56. The van der Waals surface area contributed by atoms with Gasteiger partial charge in [0.1, 0.15) is 6.61 Å². The minimum atomic E-state index is -0.0811. The Morgan fingerprint density at radius 3 is 2.50 bits per heavy atom. The molecule has 0 aliphatic rings. The Bertz CT molecular complexity index is 406. The number of methoxy groups -OCH3 is 3. The first kappa shape index (κ1) is 14.3. The third-order valence-electron chi connectivity index (χ3n) is 2.59. The number of carbonyl (C=O) groups excluding carboxylic acids is 1. The summed E-state index contributed by atoms with van der Waals surface area (Å²) in [6.45, 7) is 0.519. The van der Waals surface area contributed by atoms with Crippen LogP contribution in [0.2, 0.25) is 0 Å². The van der Waals surface area contributed by atoms with Crippen molar-refractivity contribution in [2.24, 2.45) is 0 Å². The zero-order valence-corrected chi connectivity index (χ0v) is 11.2. The molecule has 0 atom stereocenters. The average Bonchev–Trinajstić information content (AvgIpc) is 2.38. The molecule has 1 aromatic rings. The van der Waals surface area contributed by atoms with Gasteiger partial charge in [0, 0.05) is 26.3 Å². The second-order valence-corrected chi connectivity index (χ2v) is 3.84. The van der Waals surface area contributed by atoms with Crippen LogP contribution in [0.5, 0.6) is 11.5 Å². The highest BCUT2D eigenvalue weighted by Crippen LogP contribution is 2.31. The third kappa shape index (κ3) is 3.37. The molecule has 5 nitrogen and oxygen atoms in total. The first-order chi connectivity index (χ1) is 8.63. The highest BCUT2D eigenvalue weighted by Gasteiger charge is 2.14. The number of nitrogens with zero attached hydrogens (tertiary/aromatic N) is 1. The Balaban J connectivity index is 2.87. The van der Waals surface area contributed by atoms with E-state index in [4.69, 9.17) is 14.2 Å². The van der Waals surface area contributed by atoms with Crippen molar-refractivity contribution in [3.8, 4) is 11.5 Å². The number of para-hydroxylation sites is 1. The topological polar surface area (TPSA) is 48.0 Å². The average molecular weight is 253 g/mol. The van der Waals surface area contributed by atoms with Crippen molar-refractivity contribution < 1.29 is 19.0 Å². The lowest BCUT2D eigenvalue weighted by atomic mass is 10.1. The number of hydrogen-bond acceptors (Lipinski definition) is 4. The summed E-state index contributed by atoms with van der Waals surface area (Å²) in [4.78, 5) is 13.2. The van der Waals surface area contributed by atoms with Gasteiger partial charge in [-0.1, -0.05) is 12.1 Å². The molecule has 0 heterocycles. The Hall–Kier alpha value is -1.75. The minimum Gasteiger partial charge on any atom is -0.493 e. The molecule has 18 heavy (non-hydrogen) atoms. The SMILES string of the molecule is COCC(=O)N(C)Cc1cccc(OC)c1OC. The van der Waals surface area contributed by atoms with Crippen molar-refractivity contribution in [3.05, 3.63) is 23.8 Å². The van der Waals surface area contributed by atoms with E-state index in [1.54, 1.807) is 26.2 Å². The second kappa shape index (κ2) is 6.86. The highest BCUT2D eigenvalue weighted by atomic mass is 16.5. The van der Waals surface area contributed by atoms with E-state index >= 15 is 0 Å².